The van der Waals surface area contributed by atoms with Gasteiger partial charge in [-0.15, -0.1) is 0 Å². The number of carbonyl (C=O) groups excluding carboxylic acids is 2. The van der Waals surface area contributed by atoms with Gasteiger partial charge in [0.1, 0.15) is 17.8 Å². The van der Waals surface area contributed by atoms with Crippen LogP contribution in [0.25, 0.3) is 0 Å². The molecule has 2 aromatic heterocycles. The molecule has 0 atom stereocenters. The maximum Gasteiger partial charge on any atom is 0.296 e. The summed E-state index contributed by atoms with van der Waals surface area (Å²) in [6.45, 7) is 0. The topological polar surface area (TPSA) is 153 Å². The second-order valence-corrected chi connectivity index (χ2v) is 8.54. The number of anilines is 1. The van der Waals surface area contributed by atoms with Crippen LogP contribution in [0.3, 0.4) is 0 Å². The quantitative estimate of drug-likeness (QED) is 0.484. The van der Waals surface area contributed by atoms with Gasteiger partial charge < -0.3 is 20.7 Å². The monoisotopic (exact) mass is 507 g/mol. The van der Waals surface area contributed by atoms with Crippen LogP contribution in [-0.4, -0.2) is 31.6 Å². The molecule has 1 aliphatic rings. The highest BCUT2D eigenvalue weighted by Gasteiger charge is 2.25. The number of aromatic nitrogens is 3. The zero-order valence-corrected chi connectivity index (χ0v) is 19.8. The number of rotatable bonds is 4. The van der Waals surface area contributed by atoms with E-state index in [2.05, 4.69) is 20.0 Å². The van der Waals surface area contributed by atoms with Crippen molar-refractivity contribution in [3.63, 3.8) is 0 Å². The molecular weight excluding hydrogens is 485 g/mol. The van der Waals surface area contributed by atoms with E-state index in [4.69, 9.17) is 28.9 Å². The van der Waals surface area contributed by atoms with Crippen LogP contribution in [-0.2, 0) is 7.05 Å². The minimum absolute atomic E-state index is 0.129. The van der Waals surface area contributed by atoms with Crippen molar-refractivity contribution >= 4 is 40.7 Å². The molecule has 4 rings (SSSR count). The molecule has 1 fully saturated rings. The number of aromatic hydroxyl groups is 1. The first-order valence-corrected chi connectivity index (χ1v) is 11.2. The van der Waals surface area contributed by atoms with E-state index in [1.54, 1.807) is 7.05 Å². The number of primary amides is 1. The average Bonchev–Trinajstić information content (AvgIpc) is 3.33. The Bertz CT molecular complexity index is 1240. The number of nitrogens with zero attached hydrogens (tertiary/aromatic N) is 3. The van der Waals surface area contributed by atoms with Crippen molar-refractivity contribution in [1.82, 2.24) is 14.7 Å². The summed E-state index contributed by atoms with van der Waals surface area (Å²) < 4.78 is 5.96. The van der Waals surface area contributed by atoms with Gasteiger partial charge in [-0.2, -0.15) is 0 Å². The van der Waals surface area contributed by atoms with E-state index in [1.165, 1.54) is 41.6 Å². The lowest BCUT2D eigenvalue weighted by molar-refractivity contribution is 0.0996. The zero-order chi connectivity index (χ0) is 24.8. The van der Waals surface area contributed by atoms with Crippen LogP contribution in [0.15, 0.2) is 40.0 Å². The van der Waals surface area contributed by atoms with Gasteiger partial charge in [-0.05, 0) is 31.0 Å². The smallest absolute Gasteiger partial charge is 0.296 e. The number of nitrogens with one attached hydrogen (secondary N) is 1. The molecule has 1 aliphatic carbocycles. The van der Waals surface area contributed by atoms with E-state index in [0.717, 1.165) is 25.7 Å². The number of benzene rings is 1. The molecule has 2 heterocycles. The van der Waals surface area contributed by atoms with Crippen LogP contribution in [0.5, 0.6) is 5.75 Å². The van der Waals surface area contributed by atoms with Crippen molar-refractivity contribution in [3.8, 4) is 5.75 Å². The lowest BCUT2D eigenvalue weighted by Gasteiger charge is -2.23. The van der Waals surface area contributed by atoms with E-state index in [9.17, 15) is 19.5 Å². The Hall–Kier alpha value is -3.37. The fourth-order valence-electron chi connectivity index (χ4n) is 3.60. The number of halogens is 2. The van der Waals surface area contributed by atoms with Crippen LogP contribution in [0, 0.1) is 0 Å². The fraction of sp³-hybridized carbons (Fsp3) is 0.318. The summed E-state index contributed by atoms with van der Waals surface area (Å²) in [5.74, 6) is -1.16. The number of carbonyl (C=O) groups is 2. The lowest BCUT2D eigenvalue weighted by atomic mass is 9.88. The highest BCUT2D eigenvalue weighted by atomic mass is 35.5. The Labute approximate surface area is 204 Å². The van der Waals surface area contributed by atoms with Gasteiger partial charge in [0.25, 0.3) is 11.5 Å². The lowest BCUT2D eigenvalue weighted by Crippen LogP contribution is -2.29. The van der Waals surface area contributed by atoms with E-state index >= 15 is 0 Å². The van der Waals surface area contributed by atoms with Crippen molar-refractivity contribution in [2.75, 3.05) is 5.32 Å². The third-order valence-electron chi connectivity index (χ3n) is 5.38. The van der Waals surface area contributed by atoms with Gasteiger partial charge in [-0.3, -0.25) is 19.0 Å². The third kappa shape index (κ3) is 5.95. The van der Waals surface area contributed by atoms with E-state index < -0.39 is 23.1 Å². The standard InChI is InChI=1S/C15H18N4O4.C7H5Cl2NO/c1-19-13(9-5-3-2-4-6-9)18-11(12(20)15(19)22)14(21)17-10-7-16-23-8-10;8-5-2-1-4(7(10)11)3-6(5)9/h7-9,20H,2-6H2,1H3,(H,17,21);1-3H,(H2,10,11). The van der Waals surface area contributed by atoms with Gasteiger partial charge >= 0.3 is 0 Å². The SMILES string of the molecule is Cn1c(C2CCCCC2)nc(C(=O)Nc2cnoc2)c(O)c1=O.NC(=O)c1ccc(Cl)c(Cl)c1. The molecule has 34 heavy (non-hydrogen) atoms. The molecule has 0 unspecified atom stereocenters. The molecule has 2 amide bonds. The molecule has 0 bridgehead atoms. The normalized spacial score (nSPS) is 13.6. The molecule has 4 N–H and O–H groups in total. The number of amides is 2. The Morgan fingerprint density at radius 3 is 2.50 bits per heavy atom. The van der Waals surface area contributed by atoms with Gasteiger partial charge in [-0.25, -0.2) is 4.98 Å². The van der Waals surface area contributed by atoms with Gasteiger partial charge in [0.2, 0.25) is 11.7 Å². The second-order valence-electron chi connectivity index (χ2n) is 7.73. The average molecular weight is 508 g/mol. The molecular formula is C22H23Cl2N5O5. The van der Waals surface area contributed by atoms with Crippen LogP contribution in [0.2, 0.25) is 10.0 Å². The maximum absolute atomic E-state index is 12.3. The first-order valence-electron chi connectivity index (χ1n) is 10.4. The van der Waals surface area contributed by atoms with Crippen LogP contribution >= 0.6 is 23.2 Å². The van der Waals surface area contributed by atoms with E-state index in [0.29, 0.717) is 27.1 Å². The molecule has 3 aromatic rings. The Morgan fingerprint density at radius 1 is 1.21 bits per heavy atom. The summed E-state index contributed by atoms with van der Waals surface area (Å²) in [5, 5.41) is 16.7. The van der Waals surface area contributed by atoms with Gasteiger partial charge in [0, 0.05) is 18.5 Å². The molecule has 0 radical (unpaired) electrons. The van der Waals surface area contributed by atoms with Crippen molar-refractivity contribution in [3.05, 3.63) is 68.1 Å². The molecule has 180 valence electrons. The van der Waals surface area contributed by atoms with E-state index in [-0.39, 0.29) is 11.6 Å². The third-order valence-corrected chi connectivity index (χ3v) is 6.12. The maximum atomic E-state index is 12.3. The van der Waals surface area contributed by atoms with Crippen molar-refractivity contribution in [2.45, 2.75) is 38.0 Å². The van der Waals surface area contributed by atoms with Gasteiger partial charge in [-0.1, -0.05) is 47.6 Å². The number of hydrogen-bond acceptors (Lipinski definition) is 7. The van der Waals surface area contributed by atoms with Crippen molar-refractivity contribution in [1.29, 1.82) is 0 Å². The number of nitrogens with two attached hydrogens (primary N) is 1. The van der Waals surface area contributed by atoms with Gasteiger partial charge in [0.15, 0.2) is 5.69 Å². The summed E-state index contributed by atoms with van der Waals surface area (Å²) in [4.78, 5) is 39.4. The second kappa shape index (κ2) is 11.2. The van der Waals surface area contributed by atoms with E-state index in [1.807, 2.05) is 0 Å². The molecule has 1 saturated carbocycles. The first kappa shape index (κ1) is 25.3. The highest BCUT2D eigenvalue weighted by molar-refractivity contribution is 6.42. The first-order chi connectivity index (χ1) is 16.2. The molecule has 12 heteroatoms. The summed E-state index contributed by atoms with van der Waals surface area (Å²) in [7, 11) is 1.57. The Kier molecular flexibility index (Phi) is 8.30. The van der Waals surface area contributed by atoms with Crippen molar-refractivity contribution in [2.24, 2.45) is 12.8 Å². The van der Waals surface area contributed by atoms with Crippen LogP contribution in [0.4, 0.5) is 5.69 Å². The van der Waals surface area contributed by atoms with Crippen LogP contribution < -0.4 is 16.6 Å². The predicted octanol–water partition coefficient (Wildman–Crippen LogP) is 3.87. The fourth-order valence-corrected chi connectivity index (χ4v) is 3.90. The minimum Gasteiger partial charge on any atom is -0.501 e. The minimum atomic E-state index is -0.666. The number of hydrogen-bond donors (Lipinski definition) is 3. The summed E-state index contributed by atoms with van der Waals surface area (Å²) >= 11 is 11.2. The molecule has 0 spiro atoms. The largest absolute Gasteiger partial charge is 0.501 e. The zero-order valence-electron chi connectivity index (χ0n) is 18.3. The predicted molar refractivity (Wildman–Crippen MR) is 126 cm³/mol. The van der Waals surface area contributed by atoms with Crippen LogP contribution in [0.1, 0.15) is 64.7 Å². The molecule has 0 aliphatic heterocycles. The Morgan fingerprint density at radius 2 is 1.91 bits per heavy atom. The van der Waals surface area contributed by atoms with Gasteiger partial charge in [0.05, 0.1) is 16.2 Å². The molecule has 1 aromatic carbocycles. The highest BCUT2D eigenvalue weighted by Crippen LogP contribution is 2.31. The summed E-state index contributed by atoms with van der Waals surface area (Å²) in [6, 6.07) is 4.49. The summed E-state index contributed by atoms with van der Waals surface area (Å²) in [5.41, 5.74) is 4.80. The molecule has 0 saturated heterocycles. The van der Waals surface area contributed by atoms with Crippen molar-refractivity contribution < 1.29 is 19.2 Å². The molecule has 10 nitrogen and oxygen atoms in total. The summed E-state index contributed by atoms with van der Waals surface area (Å²) in [6.07, 6.45) is 7.74. The Balaban J connectivity index is 0.000000248.